The van der Waals surface area contributed by atoms with Crippen LogP contribution < -0.4 is 0 Å². The molecule has 0 saturated carbocycles. The van der Waals surface area contributed by atoms with Crippen LogP contribution in [0, 0.1) is 6.92 Å². The van der Waals surface area contributed by atoms with E-state index < -0.39 is 0 Å². The molecule has 0 aliphatic rings. The molecule has 3 rings (SSSR count). The average Bonchev–Trinajstić information content (AvgIpc) is 3.17. The van der Waals surface area contributed by atoms with E-state index in [0.29, 0.717) is 23.3 Å². The molecular weight excluding hydrogens is 280 g/mol. The molecule has 0 saturated heterocycles. The highest BCUT2D eigenvalue weighted by atomic mass is 16.5. The third-order valence-corrected chi connectivity index (χ3v) is 3.46. The average molecular weight is 298 g/mol. The van der Waals surface area contributed by atoms with E-state index in [1.807, 2.05) is 36.7 Å². The second kappa shape index (κ2) is 5.67. The first-order chi connectivity index (χ1) is 10.6. The van der Waals surface area contributed by atoms with Gasteiger partial charge in [-0.15, -0.1) is 5.10 Å². The second-order valence-electron chi connectivity index (χ2n) is 5.54. The number of rotatable bonds is 4. The van der Waals surface area contributed by atoms with E-state index in [2.05, 4.69) is 39.2 Å². The predicted octanol–water partition coefficient (Wildman–Crippen LogP) is 2.76. The third-order valence-electron chi connectivity index (χ3n) is 3.46. The molecule has 114 valence electrons. The summed E-state index contributed by atoms with van der Waals surface area (Å²) in [6, 6.07) is 3.62. The lowest BCUT2D eigenvalue weighted by Crippen LogP contribution is -2.11. The van der Waals surface area contributed by atoms with Crippen LogP contribution >= 0.6 is 0 Å². The Labute approximate surface area is 128 Å². The maximum absolute atomic E-state index is 5.39. The van der Waals surface area contributed by atoms with E-state index in [9.17, 15) is 0 Å². The Bertz CT molecular complexity index is 758. The van der Waals surface area contributed by atoms with Crippen molar-refractivity contribution in [1.82, 2.24) is 29.9 Å². The van der Waals surface area contributed by atoms with E-state index in [1.165, 1.54) is 0 Å². The van der Waals surface area contributed by atoms with Crippen molar-refractivity contribution >= 4 is 0 Å². The molecule has 3 aromatic rings. The maximum Gasteiger partial charge on any atom is 0.249 e. The lowest BCUT2D eigenvalue weighted by Gasteiger charge is -2.14. The zero-order chi connectivity index (χ0) is 15.7. The highest BCUT2D eigenvalue weighted by Crippen LogP contribution is 2.23. The molecule has 1 atom stereocenters. The molecule has 3 aromatic heterocycles. The van der Waals surface area contributed by atoms with Crippen molar-refractivity contribution in [3.63, 3.8) is 0 Å². The standard InChI is InChI=1S/C15H18N6O/c1-9(2)14-16-7-8-21(14)11(4)15-17-13(20-22-15)12-6-5-10(3)18-19-12/h5-9,11H,1-4H3/t11-/m1/s1. The number of hydrogen-bond donors (Lipinski definition) is 0. The molecule has 0 radical (unpaired) electrons. The first kappa shape index (κ1) is 14.4. The lowest BCUT2D eigenvalue weighted by atomic mass is 10.2. The molecule has 7 heteroatoms. The summed E-state index contributed by atoms with van der Waals surface area (Å²) < 4.78 is 7.44. The molecular formula is C15H18N6O. The van der Waals surface area contributed by atoms with Crippen LogP contribution in [0.5, 0.6) is 0 Å². The molecule has 0 aliphatic heterocycles. The molecule has 0 bridgehead atoms. The molecule has 0 amide bonds. The van der Waals surface area contributed by atoms with Crippen molar-refractivity contribution in [3.05, 3.63) is 41.9 Å². The van der Waals surface area contributed by atoms with Gasteiger partial charge in [0.15, 0.2) is 0 Å². The summed E-state index contributed by atoms with van der Waals surface area (Å²) in [6.45, 7) is 8.10. The van der Waals surface area contributed by atoms with Crippen LogP contribution in [0.4, 0.5) is 0 Å². The van der Waals surface area contributed by atoms with Crippen LogP contribution in [0.25, 0.3) is 11.5 Å². The van der Waals surface area contributed by atoms with Gasteiger partial charge >= 0.3 is 0 Å². The summed E-state index contributed by atoms with van der Waals surface area (Å²) >= 11 is 0. The van der Waals surface area contributed by atoms with Crippen molar-refractivity contribution in [2.24, 2.45) is 0 Å². The van der Waals surface area contributed by atoms with E-state index in [-0.39, 0.29) is 6.04 Å². The number of nitrogens with zero attached hydrogens (tertiary/aromatic N) is 6. The maximum atomic E-state index is 5.39. The van der Waals surface area contributed by atoms with Gasteiger partial charge in [0, 0.05) is 18.3 Å². The molecule has 3 heterocycles. The Morgan fingerprint density at radius 2 is 1.95 bits per heavy atom. The normalized spacial score (nSPS) is 12.8. The monoisotopic (exact) mass is 298 g/mol. The molecule has 0 aromatic carbocycles. The van der Waals surface area contributed by atoms with Crippen molar-refractivity contribution in [3.8, 4) is 11.5 Å². The van der Waals surface area contributed by atoms with Gasteiger partial charge in [0.2, 0.25) is 11.7 Å². The van der Waals surface area contributed by atoms with Gasteiger partial charge in [-0.05, 0) is 26.0 Å². The Kier molecular flexibility index (Phi) is 3.70. The van der Waals surface area contributed by atoms with Gasteiger partial charge in [-0.2, -0.15) is 10.1 Å². The van der Waals surface area contributed by atoms with Gasteiger partial charge < -0.3 is 9.09 Å². The molecule has 0 spiro atoms. The molecule has 0 N–H and O–H groups in total. The topological polar surface area (TPSA) is 82.5 Å². The van der Waals surface area contributed by atoms with E-state index in [0.717, 1.165) is 11.5 Å². The van der Waals surface area contributed by atoms with Crippen LogP contribution in [-0.2, 0) is 0 Å². The van der Waals surface area contributed by atoms with Crippen LogP contribution in [0.2, 0.25) is 0 Å². The lowest BCUT2D eigenvalue weighted by molar-refractivity contribution is 0.341. The first-order valence-electron chi connectivity index (χ1n) is 7.23. The molecule has 0 fully saturated rings. The van der Waals surface area contributed by atoms with Crippen molar-refractivity contribution in [2.45, 2.75) is 39.7 Å². The van der Waals surface area contributed by atoms with Gasteiger partial charge in [-0.25, -0.2) is 4.98 Å². The van der Waals surface area contributed by atoms with Crippen LogP contribution in [-0.4, -0.2) is 29.9 Å². The molecule has 0 aliphatic carbocycles. The summed E-state index contributed by atoms with van der Waals surface area (Å²) in [5.74, 6) is 2.28. The number of aromatic nitrogens is 6. The van der Waals surface area contributed by atoms with E-state index in [1.54, 1.807) is 6.20 Å². The Morgan fingerprint density at radius 1 is 1.14 bits per heavy atom. The molecule has 22 heavy (non-hydrogen) atoms. The number of aryl methyl sites for hydroxylation is 1. The number of hydrogen-bond acceptors (Lipinski definition) is 6. The largest absolute Gasteiger partial charge is 0.337 e. The minimum Gasteiger partial charge on any atom is -0.337 e. The fraction of sp³-hybridized carbons (Fsp3) is 0.400. The minimum absolute atomic E-state index is 0.0837. The fourth-order valence-corrected chi connectivity index (χ4v) is 2.25. The van der Waals surface area contributed by atoms with Crippen molar-refractivity contribution in [2.75, 3.05) is 0 Å². The highest BCUT2D eigenvalue weighted by molar-refractivity contribution is 5.46. The van der Waals surface area contributed by atoms with Crippen molar-refractivity contribution < 1.29 is 4.52 Å². The minimum atomic E-state index is -0.0837. The van der Waals surface area contributed by atoms with Crippen LogP contribution in [0.1, 0.15) is 50.1 Å². The highest BCUT2D eigenvalue weighted by Gasteiger charge is 2.20. The molecule has 0 unspecified atom stereocenters. The molecule has 7 nitrogen and oxygen atoms in total. The SMILES string of the molecule is Cc1ccc(-c2noc([C@@H](C)n3ccnc3C(C)C)n2)nn1. The third kappa shape index (κ3) is 2.61. The summed E-state index contributed by atoms with van der Waals surface area (Å²) in [5.41, 5.74) is 1.45. The zero-order valence-corrected chi connectivity index (χ0v) is 13.1. The van der Waals surface area contributed by atoms with Gasteiger partial charge in [-0.1, -0.05) is 19.0 Å². The van der Waals surface area contributed by atoms with Gasteiger partial charge in [0.05, 0.1) is 5.69 Å². The summed E-state index contributed by atoms with van der Waals surface area (Å²) in [7, 11) is 0. The summed E-state index contributed by atoms with van der Waals surface area (Å²) in [5, 5.41) is 12.1. The second-order valence-corrected chi connectivity index (χ2v) is 5.54. The quantitative estimate of drug-likeness (QED) is 0.736. The Balaban J connectivity index is 1.90. The van der Waals surface area contributed by atoms with Gasteiger partial charge in [0.25, 0.3) is 0 Å². The smallest absolute Gasteiger partial charge is 0.249 e. The van der Waals surface area contributed by atoms with Crippen molar-refractivity contribution in [1.29, 1.82) is 0 Å². The summed E-state index contributed by atoms with van der Waals surface area (Å²) in [4.78, 5) is 8.83. The van der Waals surface area contributed by atoms with Gasteiger partial charge in [0.1, 0.15) is 17.6 Å². The van der Waals surface area contributed by atoms with E-state index >= 15 is 0 Å². The Morgan fingerprint density at radius 3 is 2.64 bits per heavy atom. The fourth-order valence-electron chi connectivity index (χ4n) is 2.25. The van der Waals surface area contributed by atoms with Gasteiger partial charge in [-0.3, -0.25) is 0 Å². The Hall–Kier alpha value is -2.57. The summed E-state index contributed by atoms with van der Waals surface area (Å²) in [6.07, 6.45) is 3.71. The van der Waals surface area contributed by atoms with Crippen LogP contribution in [0.15, 0.2) is 29.0 Å². The first-order valence-corrected chi connectivity index (χ1v) is 7.23. The predicted molar refractivity (Wildman–Crippen MR) is 80.2 cm³/mol. The zero-order valence-electron chi connectivity index (χ0n) is 13.1. The number of imidazole rings is 1. The van der Waals surface area contributed by atoms with E-state index in [4.69, 9.17) is 4.52 Å². The van der Waals surface area contributed by atoms with Crippen LogP contribution in [0.3, 0.4) is 0 Å².